The number of halogens is 1. The summed E-state index contributed by atoms with van der Waals surface area (Å²) >= 11 is 6.06. The lowest BCUT2D eigenvalue weighted by atomic mass is 9.87. The van der Waals surface area contributed by atoms with Gasteiger partial charge in [0.05, 0.1) is 18.3 Å². The van der Waals surface area contributed by atoms with Crippen molar-refractivity contribution < 1.29 is 4.74 Å². The van der Waals surface area contributed by atoms with Gasteiger partial charge in [-0.25, -0.2) is 0 Å². The van der Waals surface area contributed by atoms with Crippen LogP contribution in [0.3, 0.4) is 0 Å². The Kier molecular flexibility index (Phi) is 5.61. The van der Waals surface area contributed by atoms with Crippen LogP contribution in [0.4, 0.5) is 11.4 Å². The minimum atomic E-state index is -0.0193. The molecule has 0 saturated heterocycles. The van der Waals surface area contributed by atoms with E-state index >= 15 is 0 Å². The van der Waals surface area contributed by atoms with Gasteiger partial charge in [-0.2, -0.15) is 0 Å². The zero-order chi connectivity index (χ0) is 19.6. The number of anilines is 1. The molecule has 0 N–H and O–H groups in total. The maximum Gasteiger partial charge on any atom is 0.129 e. The first kappa shape index (κ1) is 19.5. The molecule has 3 rings (SSSR count). The summed E-state index contributed by atoms with van der Waals surface area (Å²) in [7, 11) is 1.71. The van der Waals surface area contributed by atoms with Gasteiger partial charge in [0.25, 0.3) is 0 Å². The first-order chi connectivity index (χ1) is 12.9. The largest absolute Gasteiger partial charge is 0.496 e. The van der Waals surface area contributed by atoms with Crippen molar-refractivity contribution in [2.45, 2.75) is 39.7 Å². The molecule has 4 heteroatoms. The molecule has 1 heterocycles. The zero-order valence-electron chi connectivity index (χ0n) is 16.7. The minimum Gasteiger partial charge on any atom is -0.496 e. The van der Waals surface area contributed by atoms with Crippen molar-refractivity contribution in [2.24, 2.45) is 4.99 Å². The van der Waals surface area contributed by atoms with Gasteiger partial charge in [0, 0.05) is 40.7 Å². The zero-order valence-corrected chi connectivity index (χ0v) is 17.5. The molecule has 0 bridgehead atoms. The van der Waals surface area contributed by atoms with Crippen LogP contribution in [0.15, 0.2) is 47.5 Å². The van der Waals surface area contributed by atoms with Gasteiger partial charge in [0.2, 0.25) is 0 Å². The predicted octanol–water partition coefficient (Wildman–Crippen LogP) is 6.51. The molecule has 27 heavy (non-hydrogen) atoms. The molecular weight excluding hydrogens is 356 g/mol. The van der Waals surface area contributed by atoms with Gasteiger partial charge in [-0.1, -0.05) is 30.7 Å². The quantitative estimate of drug-likeness (QED) is 0.550. The van der Waals surface area contributed by atoms with E-state index in [1.807, 2.05) is 30.5 Å². The molecule has 2 aromatic carbocycles. The Hall–Kier alpha value is -2.26. The molecule has 0 aliphatic carbocycles. The van der Waals surface area contributed by atoms with Crippen molar-refractivity contribution in [3.05, 3.63) is 58.6 Å². The number of hydrogen-bond donors (Lipinski definition) is 0. The number of hydrogen-bond acceptors (Lipinski definition) is 3. The van der Waals surface area contributed by atoms with Crippen molar-refractivity contribution in [1.82, 2.24) is 0 Å². The first-order valence-corrected chi connectivity index (χ1v) is 9.72. The van der Waals surface area contributed by atoms with E-state index in [1.165, 1.54) is 16.8 Å². The predicted molar refractivity (Wildman–Crippen MR) is 117 cm³/mol. The van der Waals surface area contributed by atoms with Gasteiger partial charge >= 0.3 is 0 Å². The third-order valence-corrected chi connectivity index (χ3v) is 5.17. The van der Waals surface area contributed by atoms with Crippen molar-refractivity contribution in [1.29, 1.82) is 0 Å². The van der Waals surface area contributed by atoms with Crippen LogP contribution in [0.2, 0.25) is 5.02 Å². The number of ether oxygens (including phenoxy) is 1. The Bertz CT molecular complexity index is 899. The normalized spacial score (nSPS) is 15.6. The smallest absolute Gasteiger partial charge is 0.129 e. The monoisotopic (exact) mass is 382 g/mol. The number of benzene rings is 2. The van der Waals surface area contributed by atoms with Gasteiger partial charge in [0.15, 0.2) is 0 Å². The summed E-state index contributed by atoms with van der Waals surface area (Å²) in [5.41, 5.74) is 5.50. The number of fused-ring (bicyclic) bond motifs is 1. The highest BCUT2D eigenvalue weighted by atomic mass is 35.5. The number of nitrogens with zero attached hydrogens (tertiary/aromatic N) is 2. The molecule has 0 amide bonds. The summed E-state index contributed by atoms with van der Waals surface area (Å²) in [5, 5.41) is 0.679. The van der Waals surface area contributed by atoms with E-state index in [4.69, 9.17) is 16.3 Å². The fraction of sp³-hybridized carbons (Fsp3) is 0.348. The van der Waals surface area contributed by atoms with E-state index < -0.39 is 0 Å². The van der Waals surface area contributed by atoms with Crippen LogP contribution in [0.5, 0.6) is 5.75 Å². The second kappa shape index (κ2) is 7.77. The molecule has 0 unspecified atom stereocenters. The lowest BCUT2D eigenvalue weighted by Gasteiger charge is -2.43. The van der Waals surface area contributed by atoms with E-state index in [0.29, 0.717) is 5.02 Å². The van der Waals surface area contributed by atoms with E-state index in [1.54, 1.807) is 7.11 Å². The Morgan fingerprint density at radius 2 is 2.00 bits per heavy atom. The average Bonchev–Trinajstić information content (AvgIpc) is 2.62. The molecule has 0 atom stereocenters. The topological polar surface area (TPSA) is 24.8 Å². The molecule has 0 saturated carbocycles. The fourth-order valence-electron chi connectivity index (χ4n) is 3.73. The average molecular weight is 383 g/mol. The number of aliphatic imine (C=N–C) groups is 1. The number of methoxy groups -OCH3 is 1. The molecule has 142 valence electrons. The first-order valence-electron chi connectivity index (χ1n) is 9.35. The Balaban J connectivity index is 2.07. The van der Waals surface area contributed by atoms with Gasteiger partial charge < -0.3 is 9.64 Å². The van der Waals surface area contributed by atoms with Crippen LogP contribution >= 0.6 is 11.6 Å². The maximum absolute atomic E-state index is 6.06. The summed E-state index contributed by atoms with van der Waals surface area (Å²) in [6, 6.07) is 11.8. The summed E-state index contributed by atoms with van der Waals surface area (Å²) in [5.74, 6) is 0.825. The van der Waals surface area contributed by atoms with Crippen LogP contribution in [-0.4, -0.2) is 25.4 Å². The highest BCUT2D eigenvalue weighted by Gasteiger charge is 2.31. The summed E-state index contributed by atoms with van der Waals surface area (Å²) in [6.45, 7) is 9.91. The van der Waals surface area contributed by atoms with Gasteiger partial charge in [-0.05, 0) is 57.0 Å². The van der Waals surface area contributed by atoms with Crippen LogP contribution in [-0.2, 0) is 0 Å². The van der Waals surface area contributed by atoms with Crippen LogP contribution in [0.25, 0.3) is 5.57 Å². The molecule has 1 aliphatic heterocycles. The van der Waals surface area contributed by atoms with Crippen LogP contribution in [0.1, 0.15) is 45.2 Å². The summed E-state index contributed by atoms with van der Waals surface area (Å²) in [6.07, 6.45) is 5.29. The molecular formula is C23H27ClN2O. The third-order valence-electron chi connectivity index (χ3n) is 4.94. The van der Waals surface area contributed by atoms with Crippen molar-refractivity contribution in [3.8, 4) is 5.75 Å². The maximum atomic E-state index is 6.06. The van der Waals surface area contributed by atoms with Gasteiger partial charge in [-0.15, -0.1) is 0 Å². The molecule has 0 fully saturated rings. The lowest BCUT2D eigenvalue weighted by molar-refractivity contribution is 0.413. The highest BCUT2D eigenvalue weighted by molar-refractivity contribution is 6.30. The minimum absolute atomic E-state index is 0.0193. The fourth-order valence-corrected chi connectivity index (χ4v) is 3.92. The second-order valence-electron chi connectivity index (χ2n) is 7.48. The van der Waals surface area contributed by atoms with Gasteiger partial charge in [-0.3, -0.25) is 4.99 Å². The molecule has 1 aliphatic rings. The Morgan fingerprint density at radius 1 is 1.22 bits per heavy atom. The molecule has 3 nitrogen and oxygen atoms in total. The van der Waals surface area contributed by atoms with Crippen molar-refractivity contribution in [2.75, 3.05) is 18.6 Å². The molecule has 2 aromatic rings. The number of rotatable bonds is 5. The second-order valence-corrected chi connectivity index (χ2v) is 7.92. The summed E-state index contributed by atoms with van der Waals surface area (Å²) in [4.78, 5) is 7.04. The lowest BCUT2D eigenvalue weighted by Crippen LogP contribution is -2.45. The Labute approximate surface area is 167 Å². The SMILES string of the molecule is CCCN1c2cc(OC)c(C=Nc3cccc(Cl)c3)cc2C(C)=CC1(C)C. The van der Waals surface area contributed by atoms with Crippen molar-refractivity contribution in [3.63, 3.8) is 0 Å². The molecule has 0 aromatic heterocycles. The highest BCUT2D eigenvalue weighted by Crippen LogP contribution is 2.42. The third kappa shape index (κ3) is 4.03. The Morgan fingerprint density at radius 3 is 2.67 bits per heavy atom. The van der Waals surface area contributed by atoms with E-state index in [-0.39, 0.29) is 5.54 Å². The van der Waals surface area contributed by atoms with Crippen LogP contribution in [0, 0.1) is 0 Å². The van der Waals surface area contributed by atoms with Crippen molar-refractivity contribution >= 4 is 34.8 Å². The summed E-state index contributed by atoms with van der Waals surface area (Å²) < 4.78 is 5.69. The van der Waals surface area contributed by atoms with Gasteiger partial charge in [0.1, 0.15) is 5.75 Å². The van der Waals surface area contributed by atoms with E-state index in [0.717, 1.165) is 30.0 Å². The molecule has 0 spiro atoms. The van der Waals surface area contributed by atoms with E-state index in [2.05, 4.69) is 55.8 Å². The number of allylic oxidation sites excluding steroid dienone is 1. The van der Waals surface area contributed by atoms with Crippen LogP contribution < -0.4 is 9.64 Å². The van der Waals surface area contributed by atoms with E-state index in [9.17, 15) is 0 Å². The standard InChI is InChI=1S/C23H27ClN2O/c1-6-10-26-21-13-22(27-5)17(11-20(21)16(2)14-23(26,3)4)15-25-19-9-7-8-18(24)12-19/h7-9,11-15H,6,10H2,1-5H3. The molecule has 0 radical (unpaired) electrons.